The SMILES string of the molecule is C[C@H]1OC[C@H](N)COC[C@H](OCc2ccccc2)[C@H]1OCc1ccccc1. The predicted octanol–water partition coefficient (Wildman–Crippen LogP) is 2.92. The van der Waals surface area contributed by atoms with Crippen molar-refractivity contribution in [3.05, 3.63) is 71.8 Å². The molecule has 146 valence electrons. The number of benzene rings is 2. The van der Waals surface area contributed by atoms with E-state index in [0.29, 0.717) is 33.0 Å². The number of ether oxygens (including phenoxy) is 4. The van der Waals surface area contributed by atoms with Crippen LogP contribution in [0.5, 0.6) is 0 Å². The molecule has 1 heterocycles. The Morgan fingerprint density at radius 3 is 2.07 bits per heavy atom. The highest BCUT2D eigenvalue weighted by Crippen LogP contribution is 2.18. The minimum absolute atomic E-state index is 0.143. The second-order valence-electron chi connectivity index (χ2n) is 6.93. The van der Waals surface area contributed by atoms with E-state index < -0.39 is 0 Å². The van der Waals surface area contributed by atoms with Gasteiger partial charge in [-0.3, -0.25) is 0 Å². The molecule has 0 bridgehead atoms. The normalized spacial score (nSPS) is 26.7. The van der Waals surface area contributed by atoms with Crippen LogP contribution in [0, 0.1) is 0 Å². The zero-order chi connectivity index (χ0) is 18.9. The van der Waals surface area contributed by atoms with Crippen LogP contribution in [0.25, 0.3) is 0 Å². The molecule has 4 atom stereocenters. The van der Waals surface area contributed by atoms with Crippen molar-refractivity contribution in [2.24, 2.45) is 5.73 Å². The van der Waals surface area contributed by atoms with E-state index in [1.54, 1.807) is 0 Å². The first kappa shape index (κ1) is 20.0. The summed E-state index contributed by atoms with van der Waals surface area (Å²) in [6.45, 7) is 4.32. The molecule has 5 nitrogen and oxygen atoms in total. The van der Waals surface area contributed by atoms with E-state index in [9.17, 15) is 0 Å². The Balaban J connectivity index is 1.68. The molecule has 2 aromatic rings. The Morgan fingerprint density at radius 2 is 1.44 bits per heavy atom. The number of hydrogen-bond acceptors (Lipinski definition) is 5. The van der Waals surface area contributed by atoms with Gasteiger partial charge in [-0.2, -0.15) is 0 Å². The van der Waals surface area contributed by atoms with Crippen LogP contribution < -0.4 is 5.73 Å². The van der Waals surface area contributed by atoms with Crippen molar-refractivity contribution in [2.75, 3.05) is 19.8 Å². The fourth-order valence-electron chi connectivity index (χ4n) is 3.08. The molecule has 0 unspecified atom stereocenters. The van der Waals surface area contributed by atoms with Crippen molar-refractivity contribution in [1.82, 2.24) is 0 Å². The third-order valence-electron chi connectivity index (χ3n) is 4.61. The van der Waals surface area contributed by atoms with Gasteiger partial charge in [0.1, 0.15) is 12.2 Å². The van der Waals surface area contributed by atoms with E-state index in [1.165, 1.54) is 0 Å². The zero-order valence-electron chi connectivity index (χ0n) is 15.8. The summed E-state index contributed by atoms with van der Waals surface area (Å²) in [4.78, 5) is 0. The molecule has 0 spiro atoms. The maximum Gasteiger partial charge on any atom is 0.112 e. The first-order valence-electron chi connectivity index (χ1n) is 9.48. The van der Waals surface area contributed by atoms with E-state index in [2.05, 4.69) is 0 Å². The Kier molecular flexibility index (Phi) is 7.80. The van der Waals surface area contributed by atoms with Crippen LogP contribution in [0.2, 0.25) is 0 Å². The van der Waals surface area contributed by atoms with Crippen LogP contribution >= 0.6 is 0 Å². The van der Waals surface area contributed by atoms with Gasteiger partial charge in [-0.1, -0.05) is 60.7 Å². The Hall–Kier alpha value is -1.76. The maximum atomic E-state index is 6.24. The van der Waals surface area contributed by atoms with Crippen molar-refractivity contribution in [1.29, 1.82) is 0 Å². The second kappa shape index (κ2) is 10.5. The minimum atomic E-state index is -0.251. The lowest BCUT2D eigenvalue weighted by atomic mass is 10.1. The summed E-state index contributed by atoms with van der Waals surface area (Å²) in [5.41, 5.74) is 8.26. The number of rotatable bonds is 6. The van der Waals surface area contributed by atoms with Crippen LogP contribution in [0.1, 0.15) is 18.1 Å². The van der Waals surface area contributed by atoms with Gasteiger partial charge in [-0.05, 0) is 18.1 Å². The van der Waals surface area contributed by atoms with E-state index in [1.807, 2.05) is 67.6 Å². The summed E-state index contributed by atoms with van der Waals surface area (Å²) in [6.07, 6.45) is -0.643. The highest BCUT2D eigenvalue weighted by atomic mass is 16.6. The molecule has 1 aliphatic rings. The summed E-state index contributed by atoms with van der Waals surface area (Å²) in [7, 11) is 0. The molecule has 27 heavy (non-hydrogen) atoms. The topological polar surface area (TPSA) is 62.9 Å². The smallest absolute Gasteiger partial charge is 0.112 e. The van der Waals surface area contributed by atoms with Crippen molar-refractivity contribution in [2.45, 2.75) is 44.5 Å². The van der Waals surface area contributed by atoms with Gasteiger partial charge in [-0.15, -0.1) is 0 Å². The number of nitrogens with two attached hydrogens (primary N) is 1. The molecule has 3 rings (SSSR count). The molecule has 1 fully saturated rings. The van der Waals surface area contributed by atoms with Crippen LogP contribution in [0.15, 0.2) is 60.7 Å². The quantitative estimate of drug-likeness (QED) is 0.846. The fraction of sp³-hybridized carbons (Fsp3) is 0.455. The lowest BCUT2D eigenvalue weighted by Crippen LogP contribution is -2.43. The third-order valence-corrected chi connectivity index (χ3v) is 4.61. The monoisotopic (exact) mass is 371 g/mol. The number of hydrogen-bond donors (Lipinski definition) is 1. The van der Waals surface area contributed by atoms with Gasteiger partial charge in [0, 0.05) is 0 Å². The highest BCUT2D eigenvalue weighted by Gasteiger charge is 2.31. The molecule has 5 heteroatoms. The first-order valence-corrected chi connectivity index (χ1v) is 9.48. The summed E-state index contributed by atoms with van der Waals surface area (Å²) in [6, 6.07) is 20.1. The van der Waals surface area contributed by atoms with Crippen molar-refractivity contribution in [3.63, 3.8) is 0 Å². The first-order chi connectivity index (χ1) is 13.2. The maximum absolute atomic E-state index is 6.24. The highest BCUT2D eigenvalue weighted by molar-refractivity contribution is 5.14. The van der Waals surface area contributed by atoms with Crippen molar-refractivity contribution in [3.8, 4) is 0 Å². The second-order valence-corrected chi connectivity index (χ2v) is 6.93. The van der Waals surface area contributed by atoms with Crippen LogP contribution in [0.4, 0.5) is 0 Å². The van der Waals surface area contributed by atoms with Gasteiger partial charge < -0.3 is 24.7 Å². The molecular weight excluding hydrogens is 342 g/mol. The molecule has 0 aromatic heterocycles. The predicted molar refractivity (Wildman–Crippen MR) is 104 cm³/mol. The molecule has 1 saturated heterocycles. The molecule has 0 aliphatic carbocycles. The molecule has 2 aromatic carbocycles. The van der Waals surface area contributed by atoms with Crippen LogP contribution in [-0.2, 0) is 32.2 Å². The third kappa shape index (κ3) is 6.41. The summed E-state index contributed by atoms with van der Waals surface area (Å²) in [5.74, 6) is 0. The van der Waals surface area contributed by atoms with Gasteiger partial charge in [0.05, 0.1) is 45.2 Å². The molecule has 1 aliphatic heterocycles. The Morgan fingerprint density at radius 1 is 0.852 bits per heavy atom. The fourth-order valence-corrected chi connectivity index (χ4v) is 3.08. The van der Waals surface area contributed by atoms with Gasteiger partial charge in [-0.25, -0.2) is 0 Å². The average Bonchev–Trinajstić information content (AvgIpc) is 2.77. The largest absolute Gasteiger partial charge is 0.377 e. The standard InChI is InChI=1S/C22H29NO4/c1-17-22(27-13-19-10-6-3-7-11-19)21(16-24-14-20(23)15-25-17)26-12-18-8-4-2-5-9-18/h2-11,17,20-22H,12-16,23H2,1H3/t17-,20-,21+,22+/m1/s1. The molecular formula is C22H29NO4. The Bertz CT molecular complexity index is 652. The van der Waals surface area contributed by atoms with Crippen LogP contribution in [-0.4, -0.2) is 44.2 Å². The van der Waals surface area contributed by atoms with E-state index in [0.717, 1.165) is 11.1 Å². The molecule has 2 N–H and O–H groups in total. The van der Waals surface area contributed by atoms with Gasteiger partial charge >= 0.3 is 0 Å². The van der Waals surface area contributed by atoms with Gasteiger partial charge in [0.2, 0.25) is 0 Å². The van der Waals surface area contributed by atoms with Crippen molar-refractivity contribution < 1.29 is 18.9 Å². The zero-order valence-corrected chi connectivity index (χ0v) is 15.8. The van der Waals surface area contributed by atoms with E-state index in [-0.39, 0.29) is 24.4 Å². The summed E-state index contributed by atoms with van der Waals surface area (Å²) < 4.78 is 24.2. The van der Waals surface area contributed by atoms with E-state index in [4.69, 9.17) is 24.7 Å². The van der Waals surface area contributed by atoms with Gasteiger partial charge in [0.25, 0.3) is 0 Å². The summed E-state index contributed by atoms with van der Waals surface area (Å²) in [5, 5.41) is 0. The van der Waals surface area contributed by atoms with Crippen LogP contribution in [0.3, 0.4) is 0 Å². The Labute approximate surface area is 161 Å². The molecule has 0 radical (unpaired) electrons. The molecule has 0 amide bonds. The average molecular weight is 371 g/mol. The molecule has 0 saturated carbocycles. The minimum Gasteiger partial charge on any atom is -0.377 e. The lowest BCUT2D eigenvalue weighted by Gasteiger charge is -2.31. The summed E-state index contributed by atoms with van der Waals surface area (Å²) >= 11 is 0. The van der Waals surface area contributed by atoms with Crippen molar-refractivity contribution >= 4 is 0 Å². The lowest BCUT2D eigenvalue weighted by molar-refractivity contribution is -0.151. The van der Waals surface area contributed by atoms with E-state index >= 15 is 0 Å². The van der Waals surface area contributed by atoms with Gasteiger partial charge in [0.15, 0.2) is 0 Å².